The van der Waals surface area contributed by atoms with Crippen LogP contribution in [-0.2, 0) is 4.74 Å². The molecule has 2 saturated carbocycles. The molecule has 0 bridgehead atoms. The Balaban J connectivity index is 1.82. The lowest BCUT2D eigenvalue weighted by Gasteiger charge is -2.54. The minimum absolute atomic E-state index is 0.488. The van der Waals surface area contributed by atoms with E-state index in [9.17, 15) is 0 Å². The van der Waals surface area contributed by atoms with Crippen molar-refractivity contribution in [3.05, 3.63) is 0 Å². The maximum absolute atomic E-state index is 5.92. The van der Waals surface area contributed by atoms with E-state index >= 15 is 0 Å². The van der Waals surface area contributed by atoms with Gasteiger partial charge in [0.15, 0.2) is 0 Å². The average Bonchev–Trinajstić information content (AvgIpc) is 2.78. The van der Waals surface area contributed by atoms with Crippen LogP contribution in [0.3, 0.4) is 0 Å². The van der Waals surface area contributed by atoms with E-state index in [4.69, 9.17) is 4.74 Å². The van der Waals surface area contributed by atoms with Gasteiger partial charge in [0, 0.05) is 31.2 Å². The molecule has 0 aromatic rings. The van der Waals surface area contributed by atoms with E-state index in [0.29, 0.717) is 17.6 Å². The standard InChI is InChI=1S/C14H28N2O/c1-4-17-13-11-12(15-9-10-16(2)3)14(13)7-5-6-8-14/h12-13,15H,4-11H2,1-3H3. The van der Waals surface area contributed by atoms with E-state index in [2.05, 4.69) is 31.2 Å². The van der Waals surface area contributed by atoms with Crippen molar-refractivity contribution in [2.45, 2.75) is 51.2 Å². The summed E-state index contributed by atoms with van der Waals surface area (Å²) in [5.74, 6) is 0. The van der Waals surface area contributed by atoms with Gasteiger partial charge in [0.1, 0.15) is 0 Å². The van der Waals surface area contributed by atoms with E-state index in [0.717, 1.165) is 19.7 Å². The number of nitrogens with one attached hydrogen (secondary N) is 1. The maximum atomic E-state index is 5.92. The van der Waals surface area contributed by atoms with E-state index in [1.165, 1.54) is 32.1 Å². The highest BCUT2D eigenvalue weighted by atomic mass is 16.5. The fraction of sp³-hybridized carbons (Fsp3) is 1.00. The van der Waals surface area contributed by atoms with Crippen molar-refractivity contribution in [1.82, 2.24) is 10.2 Å². The first kappa shape index (κ1) is 13.3. The predicted octanol–water partition coefficient (Wildman–Crippen LogP) is 1.88. The predicted molar refractivity (Wildman–Crippen MR) is 71.3 cm³/mol. The van der Waals surface area contributed by atoms with Gasteiger partial charge in [-0.2, -0.15) is 0 Å². The van der Waals surface area contributed by atoms with Crippen molar-refractivity contribution >= 4 is 0 Å². The summed E-state index contributed by atoms with van der Waals surface area (Å²) < 4.78 is 5.92. The first-order chi connectivity index (χ1) is 8.19. The van der Waals surface area contributed by atoms with E-state index in [1.54, 1.807) is 0 Å². The summed E-state index contributed by atoms with van der Waals surface area (Å²) in [5.41, 5.74) is 0.488. The molecule has 0 aliphatic heterocycles. The topological polar surface area (TPSA) is 24.5 Å². The summed E-state index contributed by atoms with van der Waals surface area (Å²) in [6.45, 7) is 5.23. The van der Waals surface area contributed by atoms with Crippen LogP contribution in [0.15, 0.2) is 0 Å². The third-order valence-corrected chi connectivity index (χ3v) is 4.64. The maximum Gasteiger partial charge on any atom is 0.0661 e. The Morgan fingerprint density at radius 3 is 2.59 bits per heavy atom. The second-order valence-corrected chi connectivity index (χ2v) is 5.93. The van der Waals surface area contributed by atoms with Gasteiger partial charge in [-0.15, -0.1) is 0 Å². The van der Waals surface area contributed by atoms with Crippen molar-refractivity contribution < 1.29 is 4.74 Å². The van der Waals surface area contributed by atoms with Crippen LogP contribution in [0.4, 0.5) is 0 Å². The van der Waals surface area contributed by atoms with Crippen molar-refractivity contribution in [1.29, 1.82) is 0 Å². The third-order valence-electron chi connectivity index (χ3n) is 4.64. The van der Waals surface area contributed by atoms with Crippen LogP contribution >= 0.6 is 0 Å². The summed E-state index contributed by atoms with van der Waals surface area (Å²) >= 11 is 0. The normalized spacial score (nSPS) is 31.1. The van der Waals surface area contributed by atoms with E-state index in [1.807, 2.05) is 0 Å². The summed E-state index contributed by atoms with van der Waals surface area (Å²) in [6, 6.07) is 0.710. The molecule has 2 fully saturated rings. The smallest absolute Gasteiger partial charge is 0.0661 e. The number of nitrogens with zero attached hydrogens (tertiary/aromatic N) is 1. The van der Waals surface area contributed by atoms with Crippen LogP contribution in [-0.4, -0.2) is 50.8 Å². The van der Waals surface area contributed by atoms with Crippen molar-refractivity contribution in [3.63, 3.8) is 0 Å². The van der Waals surface area contributed by atoms with Crippen LogP contribution < -0.4 is 5.32 Å². The SMILES string of the molecule is CCOC1CC(NCCN(C)C)C12CCCC2. The molecule has 0 heterocycles. The molecule has 2 unspecified atom stereocenters. The van der Waals surface area contributed by atoms with Crippen LogP contribution in [0.5, 0.6) is 0 Å². The molecule has 3 heteroatoms. The molecule has 2 aliphatic carbocycles. The molecule has 3 nitrogen and oxygen atoms in total. The number of hydrogen-bond donors (Lipinski definition) is 1. The van der Waals surface area contributed by atoms with Gasteiger partial charge in [0.2, 0.25) is 0 Å². The van der Waals surface area contributed by atoms with Crippen LogP contribution in [0.1, 0.15) is 39.0 Å². The second kappa shape index (κ2) is 5.68. The van der Waals surface area contributed by atoms with Crippen molar-refractivity contribution in [2.75, 3.05) is 33.8 Å². The molecule has 0 saturated heterocycles. The first-order valence-electron chi connectivity index (χ1n) is 7.19. The molecular formula is C14H28N2O. The summed E-state index contributed by atoms with van der Waals surface area (Å²) in [7, 11) is 4.27. The Hall–Kier alpha value is -0.120. The minimum Gasteiger partial charge on any atom is -0.378 e. The molecule has 100 valence electrons. The van der Waals surface area contributed by atoms with Gasteiger partial charge in [-0.05, 0) is 40.3 Å². The Kier molecular flexibility index (Phi) is 4.45. The Labute approximate surface area is 106 Å². The lowest BCUT2D eigenvalue weighted by Crippen LogP contribution is -2.63. The van der Waals surface area contributed by atoms with Gasteiger partial charge >= 0.3 is 0 Å². The first-order valence-corrected chi connectivity index (χ1v) is 7.19. The monoisotopic (exact) mass is 240 g/mol. The molecule has 17 heavy (non-hydrogen) atoms. The largest absolute Gasteiger partial charge is 0.378 e. The molecule has 0 radical (unpaired) electrons. The second-order valence-electron chi connectivity index (χ2n) is 5.93. The molecule has 2 atom stereocenters. The zero-order chi connectivity index (χ0) is 12.3. The van der Waals surface area contributed by atoms with Gasteiger partial charge in [-0.1, -0.05) is 12.8 Å². The highest BCUT2D eigenvalue weighted by Gasteiger charge is 2.56. The fourth-order valence-electron chi connectivity index (χ4n) is 3.64. The highest BCUT2D eigenvalue weighted by molar-refractivity contribution is 5.09. The van der Waals surface area contributed by atoms with Crippen LogP contribution in [0.25, 0.3) is 0 Å². The van der Waals surface area contributed by atoms with Crippen LogP contribution in [0.2, 0.25) is 0 Å². The number of ether oxygens (including phenoxy) is 1. The van der Waals surface area contributed by atoms with Gasteiger partial charge in [-0.25, -0.2) is 0 Å². The molecule has 1 spiro atoms. The summed E-state index contributed by atoms with van der Waals surface area (Å²) in [5, 5.41) is 3.75. The molecule has 2 rings (SSSR count). The molecule has 0 amide bonds. The minimum atomic E-state index is 0.488. The Morgan fingerprint density at radius 1 is 1.29 bits per heavy atom. The van der Waals surface area contributed by atoms with Gasteiger partial charge in [0.25, 0.3) is 0 Å². The van der Waals surface area contributed by atoms with Crippen molar-refractivity contribution in [3.8, 4) is 0 Å². The zero-order valence-electron chi connectivity index (χ0n) is 11.7. The Morgan fingerprint density at radius 2 is 2.00 bits per heavy atom. The Bertz CT molecular complexity index is 236. The van der Waals surface area contributed by atoms with Gasteiger partial charge < -0.3 is 15.0 Å². The average molecular weight is 240 g/mol. The van der Waals surface area contributed by atoms with Gasteiger partial charge in [0.05, 0.1) is 6.10 Å². The quantitative estimate of drug-likeness (QED) is 0.767. The lowest BCUT2D eigenvalue weighted by molar-refractivity contribution is -0.130. The van der Waals surface area contributed by atoms with Gasteiger partial charge in [-0.3, -0.25) is 0 Å². The number of rotatable bonds is 6. The molecule has 2 aliphatic rings. The zero-order valence-corrected chi connectivity index (χ0v) is 11.7. The lowest BCUT2D eigenvalue weighted by atomic mass is 9.60. The van der Waals surface area contributed by atoms with Crippen LogP contribution in [0, 0.1) is 5.41 Å². The summed E-state index contributed by atoms with van der Waals surface area (Å²) in [4.78, 5) is 2.24. The highest BCUT2D eigenvalue weighted by Crippen LogP contribution is 2.54. The third kappa shape index (κ3) is 2.67. The number of likely N-dealkylation sites (N-methyl/N-ethyl adjacent to an activating group) is 1. The number of hydrogen-bond acceptors (Lipinski definition) is 3. The van der Waals surface area contributed by atoms with E-state index in [-0.39, 0.29) is 0 Å². The molecule has 1 N–H and O–H groups in total. The summed E-state index contributed by atoms with van der Waals surface area (Å²) in [6.07, 6.45) is 7.30. The molecule has 0 aromatic heterocycles. The molecule has 0 aromatic carbocycles. The molecular weight excluding hydrogens is 212 g/mol. The fourth-order valence-corrected chi connectivity index (χ4v) is 3.64. The van der Waals surface area contributed by atoms with E-state index < -0.39 is 0 Å². The van der Waals surface area contributed by atoms with Crippen molar-refractivity contribution in [2.24, 2.45) is 5.41 Å².